The molecule has 5 N–H and O–H groups in total. The molecule has 1 unspecified atom stereocenters. The number of hydrogen-bond acceptors (Lipinski definition) is 5. The Balaban J connectivity index is 1.90. The van der Waals surface area contributed by atoms with Gasteiger partial charge in [0.05, 0.1) is 0 Å². The number of hydrogen-bond donors (Lipinski definition) is 4. The van der Waals surface area contributed by atoms with E-state index < -0.39 is 0 Å². The smallest absolute Gasteiger partial charge is 0.157 e. The molecule has 0 amide bonds. The van der Waals surface area contributed by atoms with E-state index in [1.807, 2.05) is 6.92 Å². The van der Waals surface area contributed by atoms with Gasteiger partial charge >= 0.3 is 0 Å². The Kier molecular flexibility index (Phi) is 3.58. The molecule has 0 spiro atoms. The second kappa shape index (κ2) is 5.42. The summed E-state index contributed by atoms with van der Waals surface area (Å²) in [6.07, 6.45) is 0.779. The third kappa shape index (κ3) is 2.44. The van der Waals surface area contributed by atoms with Crippen LogP contribution in [0.25, 0.3) is 0 Å². The Bertz CT molecular complexity index is 695. The quantitative estimate of drug-likeness (QED) is 0.505. The Morgan fingerprint density at radius 2 is 1.86 bits per heavy atom. The number of benzene rings is 2. The van der Waals surface area contributed by atoms with Crippen molar-refractivity contribution in [3.63, 3.8) is 0 Å². The van der Waals surface area contributed by atoms with Gasteiger partial charge in [-0.25, -0.2) is 0 Å². The summed E-state index contributed by atoms with van der Waals surface area (Å²) in [5.74, 6) is 0.0189. The van der Waals surface area contributed by atoms with Crippen LogP contribution < -0.4 is 5.73 Å². The fourth-order valence-electron chi connectivity index (χ4n) is 3.08. The Morgan fingerprint density at radius 3 is 2.59 bits per heavy atom. The summed E-state index contributed by atoms with van der Waals surface area (Å²) in [5, 5.41) is 29.4. The van der Waals surface area contributed by atoms with E-state index in [2.05, 4.69) is 4.90 Å². The first-order valence-corrected chi connectivity index (χ1v) is 7.32. The number of anilines is 1. The summed E-state index contributed by atoms with van der Waals surface area (Å²) in [6.45, 7) is 3.39. The highest BCUT2D eigenvalue weighted by molar-refractivity contribution is 5.54. The minimum absolute atomic E-state index is 0.0641. The van der Waals surface area contributed by atoms with Gasteiger partial charge in [-0.3, -0.25) is 4.90 Å². The summed E-state index contributed by atoms with van der Waals surface area (Å²) in [6, 6.07) is 8.46. The molecule has 2 aromatic rings. The van der Waals surface area contributed by atoms with Gasteiger partial charge in [0.2, 0.25) is 0 Å². The molecule has 5 nitrogen and oxygen atoms in total. The highest BCUT2D eigenvalue weighted by Crippen LogP contribution is 2.38. The average molecular weight is 300 g/mol. The van der Waals surface area contributed by atoms with Crippen molar-refractivity contribution < 1.29 is 15.3 Å². The van der Waals surface area contributed by atoms with Gasteiger partial charge in [-0.2, -0.15) is 0 Å². The zero-order chi connectivity index (χ0) is 15.9. The lowest BCUT2D eigenvalue weighted by Crippen LogP contribution is -2.33. The lowest BCUT2D eigenvalue weighted by Gasteiger charge is -2.35. The van der Waals surface area contributed by atoms with E-state index in [0.29, 0.717) is 12.2 Å². The van der Waals surface area contributed by atoms with E-state index >= 15 is 0 Å². The first-order chi connectivity index (χ1) is 10.5. The van der Waals surface area contributed by atoms with Crippen molar-refractivity contribution >= 4 is 5.69 Å². The number of nitrogens with zero attached hydrogens (tertiary/aromatic N) is 1. The molecule has 3 rings (SSSR count). The molecule has 0 radical (unpaired) electrons. The predicted molar refractivity (Wildman–Crippen MR) is 84.8 cm³/mol. The van der Waals surface area contributed by atoms with Crippen LogP contribution in [0.3, 0.4) is 0 Å². The van der Waals surface area contributed by atoms with Gasteiger partial charge in [0.25, 0.3) is 0 Å². The largest absolute Gasteiger partial charge is 0.508 e. The number of aromatic hydroxyl groups is 3. The maximum absolute atomic E-state index is 10.0. The van der Waals surface area contributed by atoms with Gasteiger partial charge < -0.3 is 21.1 Å². The fourth-order valence-corrected chi connectivity index (χ4v) is 3.08. The molecule has 0 aromatic heterocycles. The Labute approximate surface area is 129 Å². The van der Waals surface area contributed by atoms with Gasteiger partial charge in [0, 0.05) is 30.4 Å². The lowest BCUT2D eigenvalue weighted by molar-refractivity contribution is 0.187. The van der Waals surface area contributed by atoms with Gasteiger partial charge in [-0.15, -0.1) is 0 Å². The molecular formula is C17H20N2O3. The molecule has 0 aliphatic carbocycles. The van der Waals surface area contributed by atoms with Crippen LogP contribution in [-0.2, 0) is 13.0 Å². The van der Waals surface area contributed by atoms with Crippen LogP contribution in [-0.4, -0.2) is 26.8 Å². The first-order valence-electron chi connectivity index (χ1n) is 7.32. The predicted octanol–water partition coefficient (Wildman–Crippen LogP) is 2.50. The van der Waals surface area contributed by atoms with Crippen LogP contribution in [0.2, 0.25) is 0 Å². The van der Waals surface area contributed by atoms with E-state index in [-0.39, 0.29) is 23.3 Å². The number of nitrogen functional groups attached to an aromatic ring is 1. The second-order valence-corrected chi connectivity index (χ2v) is 5.78. The van der Waals surface area contributed by atoms with Gasteiger partial charge in [0.15, 0.2) is 11.5 Å². The molecule has 0 fully saturated rings. The van der Waals surface area contributed by atoms with Gasteiger partial charge in [-0.1, -0.05) is 6.07 Å². The molecule has 22 heavy (non-hydrogen) atoms. The molecular weight excluding hydrogens is 280 g/mol. The molecule has 1 aliphatic rings. The van der Waals surface area contributed by atoms with Crippen molar-refractivity contribution in [2.24, 2.45) is 0 Å². The molecule has 0 saturated heterocycles. The van der Waals surface area contributed by atoms with Crippen molar-refractivity contribution in [3.05, 3.63) is 47.0 Å². The first kappa shape index (κ1) is 14.5. The van der Waals surface area contributed by atoms with E-state index in [9.17, 15) is 15.3 Å². The van der Waals surface area contributed by atoms with Crippen molar-refractivity contribution in [3.8, 4) is 17.2 Å². The molecule has 1 atom stereocenters. The summed E-state index contributed by atoms with van der Waals surface area (Å²) < 4.78 is 0. The zero-order valence-corrected chi connectivity index (χ0v) is 12.5. The summed E-state index contributed by atoms with van der Waals surface area (Å²) >= 11 is 0. The Hall–Kier alpha value is -2.40. The fraction of sp³-hybridized carbons (Fsp3) is 0.294. The highest BCUT2D eigenvalue weighted by atomic mass is 16.3. The SMILES string of the molecule is CC1c2cc(O)c(O)cc2CCN1Cc1c(N)cccc1O. The monoisotopic (exact) mass is 300 g/mol. The zero-order valence-electron chi connectivity index (χ0n) is 12.5. The van der Waals surface area contributed by atoms with Gasteiger partial charge in [-0.05, 0) is 48.7 Å². The molecule has 116 valence electrons. The van der Waals surface area contributed by atoms with Crippen LogP contribution in [0.15, 0.2) is 30.3 Å². The van der Waals surface area contributed by atoms with Crippen LogP contribution in [0.1, 0.15) is 29.7 Å². The average Bonchev–Trinajstić information content (AvgIpc) is 2.47. The number of phenolic OH excluding ortho intramolecular Hbond substituents is 3. The highest BCUT2D eigenvalue weighted by Gasteiger charge is 2.26. The topological polar surface area (TPSA) is 90.0 Å². The van der Waals surface area contributed by atoms with Crippen LogP contribution in [0.5, 0.6) is 17.2 Å². The maximum Gasteiger partial charge on any atom is 0.157 e. The third-order valence-corrected chi connectivity index (χ3v) is 4.45. The number of fused-ring (bicyclic) bond motifs is 1. The van der Waals surface area contributed by atoms with Gasteiger partial charge in [0.1, 0.15) is 5.75 Å². The normalized spacial score (nSPS) is 18.1. The molecule has 5 heteroatoms. The van der Waals surface area contributed by atoms with Crippen molar-refractivity contribution in [1.82, 2.24) is 4.90 Å². The van der Waals surface area contributed by atoms with Crippen LogP contribution in [0, 0.1) is 0 Å². The second-order valence-electron chi connectivity index (χ2n) is 5.78. The van der Waals surface area contributed by atoms with Crippen LogP contribution >= 0.6 is 0 Å². The summed E-state index contributed by atoms with van der Waals surface area (Å²) in [4.78, 5) is 2.20. The molecule has 1 aliphatic heterocycles. The van der Waals surface area contributed by atoms with E-state index in [1.54, 1.807) is 30.3 Å². The van der Waals surface area contributed by atoms with Crippen molar-refractivity contribution in [2.75, 3.05) is 12.3 Å². The third-order valence-electron chi connectivity index (χ3n) is 4.45. The summed E-state index contributed by atoms with van der Waals surface area (Å²) in [5.41, 5.74) is 9.30. The standard InChI is InChI=1S/C17H20N2O3/c1-10-12-8-17(22)16(21)7-11(12)5-6-19(10)9-13-14(18)3-2-4-15(13)20/h2-4,7-8,10,20-22H,5-6,9,18H2,1H3. The van der Waals surface area contributed by atoms with Crippen molar-refractivity contribution in [1.29, 1.82) is 0 Å². The molecule has 2 aromatic carbocycles. The minimum atomic E-state index is -0.102. The van der Waals surface area contributed by atoms with Crippen LogP contribution in [0.4, 0.5) is 5.69 Å². The Morgan fingerprint density at radius 1 is 1.14 bits per heavy atom. The molecule has 0 bridgehead atoms. The summed E-state index contributed by atoms with van der Waals surface area (Å²) in [7, 11) is 0. The number of rotatable bonds is 2. The lowest BCUT2D eigenvalue weighted by atomic mass is 9.92. The number of nitrogens with two attached hydrogens (primary N) is 1. The van der Waals surface area contributed by atoms with E-state index in [4.69, 9.17) is 5.73 Å². The van der Waals surface area contributed by atoms with Crippen molar-refractivity contribution in [2.45, 2.75) is 25.9 Å². The molecule has 0 saturated carbocycles. The maximum atomic E-state index is 10.0. The van der Waals surface area contributed by atoms with E-state index in [0.717, 1.165) is 29.7 Å². The number of phenols is 3. The minimum Gasteiger partial charge on any atom is -0.508 e. The van der Waals surface area contributed by atoms with E-state index in [1.165, 1.54) is 0 Å². The molecule has 1 heterocycles.